The number of ether oxygens (including phenoxy) is 10. The first-order valence-corrected chi connectivity index (χ1v) is 27.5. The summed E-state index contributed by atoms with van der Waals surface area (Å²) in [4.78, 5) is 74.4. The number of nitrogens with zero attached hydrogens (tertiary/aromatic N) is 4. The van der Waals surface area contributed by atoms with Gasteiger partial charge in [0, 0.05) is 48.7 Å². The van der Waals surface area contributed by atoms with Crippen LogP contribution in [0.2, 0.25) is 0 Å². The van der Waals surface area contributed by atoms with Gasteiger partial charge in [-0.05, 0) is 101 Å². The molecule has 10 rings (SSSR count). The molecule has 7 heterocycles. The second-order valence-electron chi connectivity index (χ2n) is 19.5. The van der Waals surface area contributed by atoms with E-state index in [4.69, 9.17) is 47.4 Å². The molecule has 4 unspecified atom stereocenters. The molecule has 0 spiro atoms. The minimum atomic E-state index is -0.876. The Kier molecular flexibility index (Phi) is 18.4. The number of methoxy groups -OCH3 is 3. The van der Waals surface area contributed by atoms with Crippen molar-refractivity contribution in [1.82, 2.24) is 9.80 Å². The Morgan fingerprint density at radius 1 is 0.679 bits per heavy atom. The van der Waals surface area contributed by atoms with Gasteiger partial charge in [0.05, 0.1) is 55.9 Å². The van der Waals surface area contributed by atoms with Gasteiger partial charge in [0.25, 0.3) is 11.8 Å². The third-order valence-electron chi connectivity index (χ3n) is 14.7. The van der Waals surface area contributed by atoms with Crippen molar-refractivity contribution in [2.45, 2.75) is 121 Å². The number of phenols is 1. The highest BCUT2D eigenvalue weighted by molar-refractivity contribution is 7.21. The van der Waals surface area contributed by atoms with Crippen LogP contribution in [0.1, 0.15) is 113 Å². The van der Waals surface area contributed by atoms with Crippen LogP contribution >= 0.6 is 11.3 Å². The number of phenolic OH excluding ortho intramolecular Hbond substituents is 1. The van der Waals surface area contributed by atoms with Crippen molar-refractivity contribution in [3.05, 3.63) is 95.4 Å². The number of hydrogen-bond donors (Lipinski definition) is 1. The maximum Gasteiger partial charge on any atom is 0.416 e. The lowest BCUT2D eigenvalue weighted by Gasteiger charge is -2.42. The van der Waals surface area contributed by atoms with Crippen LogP contribution in [0.25, 0.3) is 10.1 Å². The highest BCUT2D eigenvalue weighted by Gasteiger charge is 2.49. The van der Waals surface area contributed by atoms with E-state index >= 15 is 0 Å². The summed E-state index contributed by atoms with van der Waals surface area (Å²) in [5.41, 5.74) is 1.66. The van der Waals surface area contributed by atoms with E-state index in [0.717, 1.165) is 61.5 Å². The molecule has 6 atom stereocenters. The van der Waals surface area contributed by atoms with Gasteiger partial charge < -0.3 is 62.3 Å². The molecule has 20 nitrogen and oxygen atoms in total. The lowest BCUT2D eigenvalue weighted by atomic mass is 10.00. The van der Waals surface area contributed by atoms with Crippen LogP contribution in [0, 0.1) is 0 Å². The predicted octanol–water partition coefficient (Wildman–Crippen LogP) is 9.69. The molecule has 4 saturated heterocycles. The summed E-state index contributed by atoms with van der Waals surface area (Å²) in [6.45, 7) is 9.47. The summed E-state index contributed by atoms with van der Waals surface area (Å²) < 4.78 is 58.9. The Labute approximate surface area is 457 Å². The summed E-state index contributed by atoms with van der Waals surface area (Å²) in [7, 11) is 4.24. The third kappa shape index (κ3) is 11.8. The number of hydrogen-bond acceptors (Lipinski definition) is 17. The normalized spacial score (nSPS) is 22.9. The fourth-order valence-corrected chi connectivity index (χ4v) is 12.1. The van der Waals surface area contributed by atoms with Crippen LogP contribution in [0.3, 0.4) is 0 Å². The summed E-state index contributed by atoms with van der Waals surface area (Å²) in [5, 5.41) is 11.3. The van der Waals surface area contributed by atoms with Crippen LogP contribution in [0.15, 0.2) is 73.8 Å². The van der Waals surface area contributed by atoms with Crippen molar-refractivity contribution in [3.63, 3.8) is 0 Å². The van der Waals surface area contributed by atoms with Gasteiger partial charge in [-0.1, -0.05) is 43.5 Å². The number of anilines is 2. The number of piperidine rings is 2. The Hall–Kier alpha value is -6.91. The molecule has 4 amide bonds. The fraction of sp³-hybridized carbons (Fsp3) is 0.491. The van der Waals surface area contributed by atoms with Gasteiger partial charge in [-0.15, -0.1) is 11.3 Å². The van der Waals surface area contributed by atoms with Crippen LogP contribution < -0.4 is 24.0 Å². The van der Waals surface area contributed by atoms with Gasteiger partial charge in [-0.25, -0.2) is 24.2 Å². The number of benzene rings is 3. The average molecular weight is 1100 g/mol. The third-order valence-corrected chi connectivity index (χ3v) is 15.9. The van der Waals surface area contributed by atoms with E-state index in [1.165, 1.54) is 66.8 Å². The van der Waals surface area contributed by atoms with Gasteiger partial charge in [-0.3, -0.25) is 9.59 Å². The first-order valence-electron chi connectivity index (χ1n) is 26.6. The van der Waals surface area contributed by atoms with Gasteiger partial charge in [0.2, 0.25) is 0 Å². The van der Waals surface area contributed by atoms with E-state index in [0.29, 0.717) is 68.2 Å². The Morgan fingerprint density at radius 2 is 1.21 bits per heavy atom. The van der Waals surface area contributed by atoms with Gasteiger partial charge >= 0.3 is 18.2 Å². The lowest BCUT2D eigenvalue weighted by Crippen LogP contribution is -2.57. The average Bonchev–Trinajstić information content (AvgIpc) is 4.01. The van der Waals surface area contributed by atoms with E-state index in [2.05, 4.69) is 13.2 Å². The lowest BCUT2D eigenvalue weighted by molar-refractivity contribution is -0.199. The predicted molar refractivity (Wildman–Crippen MR) is 287 cm³/mol. The molecule has 0 aliphatic carbocycles. The van der Waals surface area contributed by atoms with Crippen molar-refractivity contribution in [3.8, 4) is 23.0 Å². The first kappa shape index (κ1) is 55.8. The molecule has 21 heteroatoms. The minimum absolute atomic E-state index is 0.00177. The molecular weight excluding hydrogens is 1030 g/mol. The molecule has 0 bridgehead atoms. The van der Waals surface area contributed by atoms with Gasteiger partial charge in [-0.2, -0.15) is 0 Å². The monoisotopic (exact) mass is 1100 g/mol. The fourth-order valence-electron chi connectivity index (χ4n) is 10.9. The summed E-state index contributed by atoms with van der Waals surface area (Å²) >= 11 is 1.33. The molecule has 4 fully saturated rings. The molecule has 0 radical (unpaired) electrons. The molecular formula is C57H68N4O16S. The molecule has 6 aliphatic heterocycles. The second kappa shape index (κ2) is 25.7. The number of amides is 4. The number of carbonyl (C=O) groups is 5. The topological polar surface area (TPSA) is 211 Å². The number of esters is 1. The van der Waals surface area contributed by atoms with Crippen LogP contribution in [-0.4, -0.2) is 143 Å². The number of aromatic hydroxyl groups is 1. The number of thiophene rings is 1. The maximum atomic E-state index is 14.2. The first-order chi connectivity index (χ1) is 38.0. The van der Waals surface area contributed by atoms with Gasteiger partial charge in [0.15, 0.2) is 48.0 Å². The maximum absolute atomic E-state index is 14.2. The van der Waals surface area contributed by atoms with Crippen LogP contribution in [-0.2, 0) is 39.8 Å². The Morgan fingerprint density at radius 3 is 1.72 bits per heavy atom. The summed E-state index contributed by atoms with van der Waals surface area (Å²) in [5.74, 6) is -0.396. The van der Waals surface area contributed by atoms with Crippen LogP contribution in [0.4, 0.5) is 21.0 Å². The van der Waals surface area contributed by atoms with E-state index in [-0.39, 0.29) is 77.4 Å². The zero-order chi connectivity index (χ0) is 54.9. The Balaban J connectivity index is 0.000000202. The number of rotatable bonds is 14. The molecule has 6 aliphatic rings. The number of fused-ring (bicyclic) bond motifs is 5. The Bertz CT molecular complexity index is 2850. The van der Waals surface area contributed by atoms with Crippen LogP contribution in [0.5, 0.6) is 23.0 Å². The highest BCUT2D eigenvalue weighted by Crippen LogP contribution is 2.45. The van der Waals surface area contributed by atoms with Crippen molar-refractivity contribution in [2.75, 3.05) is 70.6 Å². The molecule has 1 N–H and O–H groups in total. The zero-order valence-corrected chi connectivity index (χ0v) is 45.2. The zero-order valence-electron chi connectivity index (χ0n) is 44.4. The van der Waals surface area contributed by atoms with Gasteiger partial charge in [0.1, 0.15) is 24.7 Å². The van der Waals surface area contributed by atoms with Crippen molar-refractivity contribution >= 4 is 62.8 Å². The largest absolute Gasteiger partial charge is 0.504 e. The van der Waals surface area contributed by atoms with E-state index in [1.54, 1.807) is 21.9 Å². The van der Waals surface area contributed by atoms with E-state index < -0.39 is 49.2 Å². The standard InChI is InChI=1S/C34H38N2O9S.C23H30N2O7/c1-4-16-43-34(39)36-25-19-27(44-20-23-21-11-5-6-13-28(21)46-30(23)33(38)41-3)26(40-2)18-22(25)31(37)35-15-9-7-12-24(35)32(36)45-29-14-8-10-17-42-29;1-3-11-31-23(28)25-17-14-18(26)19(29-2)13-15(17)21(27)24-10-6-4-8-16(24)22(25)32-20-9-5-7-12-30-20/h4-6,11,13,18-19,24,29,32H,1,7-10,12,14-17,20H2,2-3H3;3,13-14,16,20,22,26H,1,4-12H2,2H3/t24-,29?,32?;16-,20?,22?/m00/s1. The molecule has 418 valence electrons. The molecule has 3 aromatic carbocycles. The molecule has 0 saturated carbocycles. The quantitative estimate of drug-likeness (QED) is 0.0707. The smallest absolute Gasteiger partial charge is 0.416 e. The van der Waals surface area contributed by atoms with E-state index in [1.807, 2.05) is 24.3 Å². The van der Waals surface area contributed by atoms with E-state index in [9.17, 15) is 29.1 Å². The molecule has 4 aromatic rings. The molecule has 1 aromatic heterocycles. The highest BCUT2D eigenvalue weighted by atomic mass is 32.1. The second-order valence-corrected chi connectivity index (χ2v) is 20.5. The summed E-state index contributed by atoms with van der Waals surface area (Å²) in [6.07, 6.45) is 8.81. The van der Waals surface area contributed by atoms with Crippen molar-refractivity contribution in [2.24, 2.45) is 0 Å². The summed E-state index contributed by atoms with van der Waals surface area (Å²) in [6, 6.07) is 12.9. The SMILES string of the molecule is C=CCOC(=O)N1c2cc(O)c(OC)cc2C(=O)N2CCCC[C@H]2C1OC1CCCCO1.C=CCOC(=O)N1c2cc(OCc3c(C(=O)OC)sc4ccccc34)c(OC)cc2C(=O)N2CCCC[C@H]2C1OC1CCCCO1. The number of carbonyl (C=O) groups excluding carboxylic acids is 5. The molecule has 78 heavy (non-hydrogen) atoms. The van der Waals surface area contributed by atoms with Crippen molar-refractivity contribution < 1.29 is 76.4 Å². The minimum Gasteiger partial charge on any atom is -0.504 e. The van der Waals surface area contributed by atoms with Crippen molar-refractivity contribution in [1.29, 1.82) is 0 Å².